The number of carbonyl (C=O) groups is 1. The molecule has 0 spiro atoms. The highest BCUT2D eigenvalue weighted by molar-refractivity contribution is 5.91. The van der Waals surface area contributed by atoms with Crippen LogP contribution in [0.5, 0.6) is 0 Å². The fraction of sp³-hybridized carbons (Fsp3) is 0.885. The lowest BCUT2D eigenvalue weighted by Crippen LogP contribution is -2.50. The minimum absolute atomic E-state index is 0.341. The monoisotopic (exact) mass is 370 g/mol. The zero-order valence-corrected chi connectivity index (χ0v) is 18.4. The van der Waals surface area contributed by atoms with Crippen LogP contribution < -0.4 is 0 Å². The number of hydrogen-bond acceptors (Lipinski definition) is 1. The molecule has 3 fully saturated rings. The number of fused-ring (bicyclic) bond motifs is 5. The summed E-state index contributed by atoms with van der Waals surface area (Å²) >= 11 is 0. The Morgan fingerprint density at radius 2 is 1.81 bits per heavy atom. The second-order valence-electron chi connectivity index (χ2n) is 11.5. The summed E-state index contributed by atoms with van der Waals surface area (Å²) in [7, 11) is 0. The van der Waals surface area contributed by atoms with Crippen LogP contribution in [0.1, 0.15) is 105 Å². The Kier molecular flexibility index (Phi) is 5.36. The van der Waals surface area contributed by atoms with Crippen LogP contribution in [0.3, 0.4) is 0 Å². The smallest absolute Gasteiger partial charge is 0.155 e. The largest absolute Gasteiger partial charge is 0.295 e. The summed E-state index contributed by atoms with van der Waals surface area (Å²) in [6.07, 6.45) is 18.2. The summed E-state index contributed by atoms with van der Waals surface area (Å²) in [6, 6.07) is 0. The second kappa shape index (κ2) is 7.34. The topological polar surface area (TPSA) is 17.1 Å². The van der Waals surface area contributed by atoms with E-state index in [1.165, 1.54) is 69.8 Å². The molecule has 0 amide bonds. The number of unbranched alkanes of at least 4 members (excludes halogenated alkanes) is 1. The molecule has 0 N–H and O–H groups in total. The summed E-state index contributed by atoms with van der Waals surface area (Å²) < 4.78 is 0. The molecule has 4 rings (SSSR count). The Labute approximate surface area is 167 Å². The van der Waals surface area contributed by atoms with E-state index in [2.05, 4.69) is 33.8 Å². The van der Waals surface area contributed by atoms with Gasteiger partial charge in [0.15, 0.2) is 5.78 Å². The molecule has 0 heterocycles. The zero-order valence-electron chi connectivity index (χ0n) is 18.4. The van der Waals surface area contributed by atoms with Gasteiger partial charge in [0, 0.05) is 6.42 Å². The van der Waals surface area contributed by atoms with Crippen molar-refractivity contribution in [2.75, 3.05) is 0 Å². The lowest BCUT2D eigenvalue weighted by atomic mass is 9.46. The predicted octanol–water partition coefficient (Wildman–Crippen LogP) is 7.35. The molecule has 152 valence electrons. The van der Waals surface area contributed by atoms with Crippen LogP contribution >= 0.6 is 0 Å². The van der Waals surface area contributed by atoms with E-state index in [0.29, 0.717) is 16.6 Å². The number of rotatable bonds is 5. The predicted molar refractivity (Wildman–Crippen MR) is 114 cm³/mol. The van der Waals surface area contributed by atoms with Gasteiger partial charge in [0.1, 0.15) is 0 Å². The molecule has 0 aromatic heterocycles. The van der Waals surface area contributed by atoms with Crippen molar-refractivity contribution in [2.45, 2.75) is 105 Å². The Balaban J connectivity index is 1.46. The van der Waals surface area contributed by atoms with E-state index in [4.69, 9.17) is 0 Å². The van der Waals surface area contributed by atoms with E-state index in [-0.39, 0.29) is 0 Å². The Bertz CT molecular complexity index is 601. The van der Waals surface area contributed by atoms with Crippen molar-refractivity contribution in [3.63, 3.8) is 0 Å². The molecule has 0 aromatic rings. The standard InChI is InChI=1S/C26H42O/c1-18(2)7-5-6-8-19-10-12-23-22-11-9-20-17-21(27)13-15-26(20,4)24(22)14-16-25(19,23)3/h17-19,22-24H,5-16H2,1-4H3/t19-,22-,23-,24-,25-,26-/m1/s1. The molecule has 0 aromatic carbocycles. The van der Waals surface area contributed by atoms with Crippen molar-refractivity contribution in [3.05, 3.63) is 11.6 Å². The van der Waals surface area contributed by atoms with Crippen molar-refractivity contribution < 1.29 is 4.79 Å². The maximum absolute atomic E-state index is 12.0. The highest BCUT2D eigenvalue weighted by atomic mass is 16.1. The fourth-order valence-corrected chi connectivity index (χ4v) is 8.09. The van der Waals surface area contributed by atoms with Gasteiger partial charge in [-0.1, -0.05) is 52.5 Å². The van der Waals surface area contributed by atoms with E-state index in [0.717, 1.165) is 42.4 Å². The van der Waals surface area contributed by atoms with Gasteiger partial charge in [0.25, 0.3) is 0 Å². The van der Waals surface area contributed by atoms with Crippen molar-refractivity contribution in [3.8, 4) is 0 Å². The van der Waals surface area contributed by atoms with Crippen LogP contribution in [-0.4, -0.2) is 5.78 Å². The van der Waals surface area contributed by atoms with E-state index in [1.807, 2.05) is 0 Å². The van der Waals surface area contributed by atoms with Crippen LogP contribution in [0.15, 0.2) is 11.6 Å². The maximum atomic E-state index is 12.0. The van der Waals surface area contributed by atoms with Gasteiger partial charge in [-0.15, -0.1) is 0 Å². The van der Waals surface area contributed by atoms with Gasteiger partial charge in [-0.25, -0.2) is 0 Å². The van der Waals surface area contributed by atoms with Gasteiger partial charge in [-0.2, -0.15) is 0 Å². The van der Waals surface area contributed by atoms with Crippen molar-refractivity contribution >= 4 is 5.78 Å². The number of carbonyl (C=O) groups excluding carboxylic acids is 1. The molecule has 4 aliphatic carbocycles. The first kappa shape index (κ1) is 19.7. The Morgan fingerprint density at radius 1 is 1.00 bits per heavy atom. The number of hydrogen-bond donors (Lipinski definition) is 0. The molecule has 0 radical (unpaired) electrons. The highest BCUT2D eigenvalue weighted by Crippen LogP contribution is 2.67. The first-order chi connectivity index (χ1) is 12.8. The van der Waals surface area contributed by atoms with Crippen LogP contribution in [-0.2, 0) is 4.79 Å². The third kappa shape index (κ3) is 3.36. The SMILES string of the molecule is CC(C)CCCC[C@@H]1CC[C@@H]2[C@H]3CCC4=CC(=O)CC[C@@]4(C)[C@@H]3CC[C@]12C. The van der Waals surface area contributed by atoms with Crippen LogP contribution in [0, 0.1) is 40.4 Å². The van der Waals surface area contributed by atoms with E-state index in [1.54, 1.807) is 0 Å². The van der Waals surface area contributed by atoms with Gasteiger partial charge in [0.2, 0.25) is 0 Å². The van der Waals surface area contributed by atoms with Crippen LogP contribution in [0.4, 0.5) is 0 Å². The lowest BCUT2D eigenvalue weighted by molar-refractivity contribution is -0.117. The molecule has 0 unspecified atom stereocenters. The molecule has 0 bridgehead atoms. The summed E-state index contributed by atoms with van der Waals surface area (Å²) in [4.78, 5) is 12.0. The molecule has 0 saturated heterocycles. The van der Waals surface area contributed by atoms with E-state index in [9.17, 15) is 4.79 Å². The number of allylic oxidation sites excluding steroid dienone is 1. The summed E-state index contributed by atoms with van der Waals surface area (Å²) in [5.74, 6) is 4.97. The van der Waals surface area contributed by atoms with Crippen molar-refractivity contribution in [1.29, 1.82) is 0 Å². The summed E-state index contributed by atoms with van der Waals surface area (Å²) in [5.41, 5.74) is 2.47. The van der Waals surface area contributed by atoms with E-state index < -0.39 is 0 Å². The molecule has 27 heavy (non-hydrogen) atoms. The first-order valence-electron chi connectivity index (χ1n) is 12.1. The molecule has 6 atom stereocenters. The van der Waals surface area contributed by atoms with Gasteiger partial charge in [0.05, 0.1) is 0 Å². The maximum Gasteiger partial charge on any atom is 0.155 e. The minimum Gasteiger partial charge on any atom is -0.295 e. The average molecular weight is 371 g/mol. The van der Waals surface area contributed by atoms with Gasteiger partial charge < -0.3 is 0 Å². The van der Waals surface area contributed by atoms with Crippen LogP contribution in [0.25, 0.3) is 0 Å². The van der Waals surface area contributed by atoms with Crippen molar-refractivity contribution in [2.24, 2.45) is 40.4 Å². The van der Waals surface area contributed by atoms with Gasteiger partial charge in [-0.3, -0.25) is 4.79 Å². The molecule has 1 nitrogen and oxygen atoms in total. The molecular weight excluding hydrogens is 328 g/mol. The van der Waals surface area contributed by atoms with Gasteiger partial charge >= 0.3 is 0 Å². The molecule has 0 aliphatic heterocycles. The number of ketones is 1. The molecule has 3 saturated carbocycles. The fourth-order valence-electron chi connectivity index (χ4n) is 8.09. The molecule has 4 aliphatic rings. The lowest BCUT2D eigenvalue weighted by Gasteiger charge is -2.58. The van der Waals surface area contributed by atoms with Crippen molar-refractivity contribution in [1.82, 2.24) is 0 Å². The average Bonchev–Trinajstić information content (AvgIpc) is 2.96. The molecule has 1 heteroatoms. The normalized spacial score (nSPS) is 43.9. The zero-order chi connectivity index (χ0) is 19.2. The Morgan fingerprint density at radius 3 is 2.59 bits per heavy atom. The van der Waals surface area contributed by atoms with Crippen LogP contribution in [0.2, 0.25) is 0 Å². The van der Waals surface area contributed by atoms with E-state index >= 15 is 0 Å². The highest BCUT2D eigenvalue weighted by Gasteiger charge is 2.58. The van der Waals surface area contributed by atoms with Gasteiger partial charge in [-0.05, 0) is 97.9 Å². The first-order valence-corrected chi connectivity index (χ1v) is 12.1. The Hall–Kier alpha value is -0.590. The second-order valence-corrected chi connectivity index (χ2v) is 11.5. The third-order valence-electron chi connectivity index (χ3n) is 9.74. The minimum atomic E-state index is 0.341. The summed E-state index contributed by atoms with van der Waals surface area (Å²) in [5, 5.41) is 0. The third-order valence-corrected chi connectivity index (χ3v) is 9.74. The quantitative estimate of drug-likeness (QED) is 0.462. The molecular formula is C26H42O. The summed E-state index contributed by atoms with van der Waals surface area (Å²) in [6.45, 7) is 9.91.